The van der Waals surface area contributed by atoms with Crippen LogP contribution in [0.4, 0.5) is 5.69 Å². The predicted molar refractivity (Wildman–Crippen MR) is 91.8 cm³/mol. The van der Waals surface area contributed by atoms with E-state index in [1.807, 2.05) is 19.1 Å². The van der Waals surface area contributed by atoms with Gasteiger partial charge in [-0.05, 0) is 37.6 Å². The van der Waals surface area contributed by atoms with Crippen molar-refractivity contribution in [3.63, 3.8) is 0 Å². The molecule has 2 amide bonds. The second-order valence-corrected chi connectivity index (χ2v) is 6.26. The fourth-order valence-corrected chi connectivity index (χ4v) is 3.49. The lowest BCUT2D eigenvalue weighted by Crippen LogP contribution is -2.44. The van der Waals surface area contributed by atoms with E-state index in [1.165, 1.54) is 0 Å². The zero-order valence-electron chi connectivity index (χ0n) is 13.2. The molecule has 0 bridgehead atoms. The molecular formula is C17H19N3O2S. The molecule has 5 nitrogen and oxygen atoms in total. The zero-order valence-corrected chi connectivity index (χ0v) is 14.0. The van der Waals surface area contributed by atoms with E-state index in [1.54, 1.807) is 47.9 Å². The summed E-state index contributed by atoms with van der Waals surface area (Å²) in [5.74, 6) is 0.834. The van der Waals surface area contributed by atoms with E-state index >= 15 is 0 Å². The van der Waals surface area contributed by atoms with E-state index in [4.69, 9.17) is 5.26 Å². The van der Waals surface area contributed by atoms with Gasteiger partial charge in [0.25, 0.3) is 5.91 Å². The molecule has 120 valence electrons. The number of nitrogens with one attached hydrogen (secondary N) is 1. The van der Waals surface area contributed by atoms with Crippen molar-refractivity contribution in [3.05, 3.63) is 41.5 Å². The number of rotatable bonds is 4. The standard InChI is InChI=1S/C17H19N3O2S/c1-3-4-12(2)17(22)20-11-23-10-15(20)16(21)19-14-7-5-13(9-18)6-8-14/h4-8,15H,3,10-11H2,1-2H3,(H,19,21). The summed E-state index contributed by atoms with van der Waals surface area (Å²) < 4.78 is 0. The first kappa shape index (κ1) is 17.1. The van der Waals surface area contributed by atoms with Crippen LogP contribution in [0.15, 0.2) is 35.9 Å². The van der Waals surface area contributed by atoms with Gasteiger partial charge in [-0.1, -0.05) is 13.0 Å². The van der Waals surface area contributed by atoms with Crippen LogP contribution in [-0.2, 0) is 9.59 Å². The normalized spacial score (nSPS) is 17.7. The van der Waals surface area contributed by atoms with Crippen LogP contribution in [-0.4, -0.2) is 34.4 Å². The van der Waals surface area contributed by atoms with Crippen molar-refractivity contribution < 1.29 is 9.59 Å². The van der Waals surface area contributed by atoms with Crippen LogP contribution < -0.4 is 5.32 Å². The molecule has 1 heterocycles. The van der Waals surface area contributed by atoms with Crippen molar-refractivity contribution in [2.75, 3.05) is 16.9 Å². The van der Waals surface area contributed by atoms with Gasteiger partial charge < -0.3 is 10.2 Å². The van der Waals surface area contributed by atoms with E-state index in [-0.39, 0.29) is 11.8 Å². The lowest BCUT2D eigenvalue weighted by Gasteiger charge is -2.23. The Hall–Kier alpha value is -2.26. The molecule has 1 atom stereocenters. The highest BCUT2D eigenvalue weighted by Crippen LogP contribution is 2.24. The zero-order chi connectivity index (χ0) is 16.8. The Morgan fingerprint density at radius 2 is 2.13 bits per heavy atom. The molecule has 1 aromatic carbocycles. The SMILES string of the molecule is CCC=C(C)C(=O)N1CSCC1C(=O)Nc1ccc(C#N)cc1. The van der Waals surface area contributed by atoms with Crippen molar-refractivity contribution in [3.8, 4) is 6.07 Å². The summed E-state index contributed by atoms with van der Waals surface area (Å²) in [6, 6.07) is 8.24. The van der Waals surface area contributed by atoms with E-state index in [2.05, 4.69) is 5.32 Å². The summed E-state index contributed by atoms with van der Waals surface area (Å²) in [5, 5.41) is 11.6. The number of carbonyl (C=O) groups is 2. The van der Waals surface area contributed by atoms with Gasteiger partial charge in [0.15, 0.2) is 0 Å². The number of hydrogen-bond acceptors (Lipinski definition) is 4. The molecule has 0 aliphatic carbocycles. The summed E-state index contributed by atoms with van der Waals surface area (Å²) >= 11 is 1.57. The quantitative estimate of drug-likeness (QED) is 0.862. The molecule has 2 rings (SSSR count). The van der Waals surface area contributed by atoms with Gasteiger partial charge in [-0.2, -0.15) is 5.26 Å². The molecule has 1 N–H and O–H groups in total. The maximum Gasteiger partial charge on any atom is 0.250 e. The van der Waals surface area contributed by atoms with Gasteiger partial charge in [0.1, 0.15) is 6.04 Å². The number of allylic oxidation sites excluding steroid dienone is 1. The Morgan fingerprint density at radius 1 is 1.43 bits per heavy atom. The van der Waals surface area contributed by atoms with Crippen molar-refractivity contribution in [1.29, 1.82) is 5.26 Å². The van der Waals surface area contributed by atoms with Crippen molar-refractivity contribution in [1.82, 2.24) is 4.90 Å². The summed E-state index contributed by atoms with van der Waals surface area (Å²) in [4.78, 5) is 26.5. The first-order chi connectivity index (χ1) is 11.1. The Kier molecular flexibility index (Phi) is 5.83. The van der Waals surface area contributed by atoms with Crippen LogP contribution in [0.2, 0.25) is 0 Å². The minimum absolute atomic E-state index is 0.0863. The predicted octanol–water partition coefficient (Wildman–Crippen LogP) is 2.75. The minimum atomic E-state index is -0.469. The molecule has 6 heteroatoms. The molecule has 0 aromatic heterocycles. The molecule has 0 spiro atoms. The average molecular weight is 329 g/mol. The maximum atomic E-state index is 12.5. The first-order valence-electron chi connectivity index (χ1n) is 7.43. The topological polar surface area (TPSA) is 73.2 Å². The summed E-state index contributed by atoms with van der Waals surface area (Å²) in [7, 11) is 0. The Morgan fingerprint density at radius 3 is 2.74 bits per heavy atom. The van der Waals surface area contributed by atoms with Gasteiger partial charge in [-0.25, -0.2) is 0 Å². The largest absolute Gasteiger partial charge is 0.324 e. The van der Waals surface area contributed by atoms with E-state index < -0.39 is 6.04 Å². The fourth-order valence-electron chi connectivity index (χ4n) is 2.33. The van der Waals surface area contributed by atoms with Crippen molar-refractivity contribution in [2.24, 2.45) is 0 Å². The highest BCUT2D eigenvalue weighted by molar-refractivity contribution is 7.99. The smallest absolute Gasteiger partial charge is 0.250 e. The highest BCUT2D eigenvalue weighted by Gasteiger charge is 2.34. The Labute approximate surface area is 140 Å². The fraction of sp³-hybridized carbons (Fsp3) is 0.353. The van der Waals surface area contributed by atoms with Crippen LogP contribution in [0.25, 0.3) is 0 Å². The number of nitrogens with zero attached hydrogens (tertiary/aromatic N) is 2. The molecule has 1 saturated heterocycles. The molecule has 23 heavy (non-hydrogen) atoms. The van der Waals surface area contributed by atoms with Crippen molar-refractivity contribution >= 4 is 29.3 Å². The number of nitriles is 1. The third-order valence-electron chi connectivity index (χ3n) is 3.58. The highest BCUT2D eigenvalue weighted by atomic mass is 32.2. The van der Waals surface area contributed by atoms with Gasteiger partial charge in [0, 0.05) is 17.0 Å². The molecule has 1 aliphatic heterocycles. The first-order valence-corrected chi connectivity index (χ1v) is 8.58. The Balaban J connectivity index is 2.07. The lowest BCUT2D eigenvalue weighted by atomic mass is 10.1. The average Bonchev–Trinajstić information content (AvgIpc) is 3.04. The second kappa shape index (κ2) is 7.84. The molecule has 0 radical (unpaired) electrons. The molecule has 0 saturated carbocycles. The van der Waals surface area contributed by atoms with Gasteiger partial charge in [0.05, 0.1) is 17.5 Å². The van der Waals surface area contributed by atoms with E-state index in [9.17, 15) is 9.59 Å². The third-order valence-corrected chi connectivity index (χ3v) is 4.59. The van der Waals surface area contributed by atoms with Gasteiger partial charge >= 0.3 is 0 Å². The van der Waals surface area contributed by atoms with Gasteiger partial charge in [-0.15, -0.1) is 11.8 Å². The summed E-state index contributed by atoms with van der Waals surface area (Å²) in [6.45, 7) is 3.76. The number of thioether (sulfide) groups is 1. The van der Waals surface area contributed by atoms with Crippen molar-refractivity contribution in [2.45, 2.75) is 26.3 Å². The number of carbonyl (C=O) groups excluding carboxylic acids is 2. The maximum absolute atomic E-state index is 12.5. The molecule has 1 aromatic rings. The molecule has 1 fully saturated rings. The van der Waals surface area contributed by atoms with E-state index in [0.717, 1.165) is 6.42 Å². The summed E-state index contributed by atoms with van der Waals surface area (Å²) in [6.07, 6.45) is 2.67. The second-order valence-electron chi connectivity index (χ2n) is 5.26. The van der Waals surface area contributed by atoms with Crippen LogP contribution >= 0.6 is 11.8 Å². The van der Waals surface area contributed by atoms with Gasteiger partial charge in [0.2, 0.25) is 5.91 Å². The number of benzene rings is 1. The third kappa shape index (κ3) is 4.14. The Bertz CT molecular complexity index is 661. The monoisotopic (exact) mass is 329 g/mol. The van der Waals surface area contributed by atoms with Crippen LogP contribution in [0.5, 0.6) is 0 Å². The lowest BCUT2D eigenvalue weighted by molar-refractivity contribution is -0.133. The summed E-state index contributed by atoms with van der Waals surface area (Å²) in [5.41, 5.74) is 1.84. The van der Waals surface area contributed by atoms with Crippen LogP contribution in [0.1, 0.15) is 25.8 Å². The van der Waals surface area contributed by atoms with Crippen LogP contribution in [0.3, 0.4) is 0 Å². The number of anilines is 1. The van der Waals surface area contributed by atoms with Gasteiger partial charge in [-0.3, -0.25) is 9.59 Å². The molecule has 1 unspecified atom stereocenters. The van der Waals surface area contributed by atoms with Crippen LogP contribution in [0, 0.1) is 11.3 Å². The number of amides is 2. The molecular weight excluding hydrogens is 310 g/mol. The number of hydrogen-bond donors (Lipinski definition) is 1. The van der Waals surface area contributed by atoms with E-state index in [0.29, 0.717) is 28.5 Å². The minimum Gasteiger partial charge on any atom is -0.324 e. The molecule has 1 aliphatic rings.